The SMILES string of the molecule is C=CC(=O)Oc1ccc(Nc2nc(Nc3ccccc3)nc(Nc3cccc(Nc4nc(Nc5ccccc5)nc(Nc5ccc(OC(=O)C=C)cc5)n4)c3)n2)cc1. The van der Waals surface area contributed by atoms with Crippen molar-refractivity contribution in [1.82, 2.24) is 29.9 Å². The Morgan fingerprint density at radius 1 is 0.379 bits per heavy atom. The fourth-order valence-electron chi connectivity index (χ4n) is 5.11. The summed E-state index contributed by atoms with van der Waals surface area (Å²) in [7, 11) is 0. The molecule has 16 nitrogen and oxygen atoms in total. The van der Waals surface area contributed by atoms with Gasteiger partial charge in [0.15, 0.2) is 0 Å². The molecule has 7 aromatic rings. The summed E-state index contributed by atoms with van der Waals surface area (Å²) in [6, 6.07) is 39.9. The monoisotopic (exact) mass is 770 g/mol. The molecular formula is C42H34N12O4. The van der Waals surface area contributed by atoms with Gasteiger partial charge in [-0.05, 0) is 91.0 Å². The Morgan fingerprint density at radius 2 is 0.655 bits per heavy atom. The van der Waals surface area contributed by atoms with E-state index in [4.69, 9.17) is 9.47 Å². The molecule has 0 saturated carbocycles. The normalized spacial score (nSPS) is 10.3. The van der Waals surface area contributed by atoms with Crippen molar-refractivity contribution in [2.24, 2.45) is 0 Å². The molecule has 0 aliphatic carbocycles. The highest BCUT2D eigenvalue weighted by Gasteiger charge is 2.12. The van der Waals surface area contributed by atoms with Crippen LogP contribution in [-0.4, -0.2) is 41.8 Å². The number of hydrogen-bond donors (Lipinski definition) is 6. The minimum absolute atomic E-state index is 0.246. The Bertz CT molecular complexity index is 2370. The van der Waals surface area contributed by atoms with Crippen molar-refractivity contribution in [3.63, 3.8) is 0 Å². The zero-order chi connectivity index (χ0) is 40.1. The van der Waals surface area contributed by atoms with E-state index >= 15 is 0 Å². The third-order valence-electron chi connectivity index (χ3n) is 7.70. The number of nitrogens with zero attached hydrogens (tertiary/aromatic N) is 6. The van der Waals surface area contributed by atoms with Gasteiger partial charge in [-0.3, -0.25) is 0 Å². The van der Waals surface area contributed by atoms with E-state index in [2.05, 4.69) is 75.0 Å². The Labute approximate surface area is 332 Å². The van der Waals surface area contributed by atoms with Crippen LogP contribution in [0.1, 0.15) is 0 Å². The summed E-state index contributed by atoms with van der Waals surface area (Å²) in [6.07, 6.45) is 2.19. The topological polar surface area (TPSA) is 202 Å². The predicted octanol–water partition coefficient (Wildman–Crippen LogP) is 8.70. The smallest absolute Gasteiger partial charge is 0.335 e. The highest BCUT2D eigenvalue weighted by atomic mass is 16.5. The van der Waals surface area contributed by atoms with Gasteiger partial charge in [0.05, 0.1) is 0 Å². The number of nitrogens with one attached hydrogen (secondary N) is 6. The largest absolute Gasteiger partial charge is 0.423 e. The number of anilines is 12. The fourth-order valence-corrected chi connectivity index (χ4v) is 5.11. The third-order valence-corrected chi connectivity index (χ3v) is 7.70. The number of benzene rings is 5. The predicted molar refractivity (Wildman–Crippen MR) is 223 cm³/mol. The molecule has 0 aliphatic heterocycles. The van der Waals surface area contributed by atoms with Crippen molar-refractivity contribution in [2.75, 3.05) is 31.9 Å². The minimum atomic E-state index is -0.557. The van der Waals surface area contributed by atoms with E-state index in [1.807, 2.05) is 84.9 Å². The molecule has 0 spiro atoms. The summed E-state index contributed by atoms with van der Waals surface area (Å²) < 4.78 is 10.4. The van der Waals surface area contributed by atoms with Gasteiger partial charge in [0.25, 0.3) is 0 Å². The number of aromatic nitrogens is 6. The van der Waals surface area contributed by atoms with Crippen LogP contribution in [0.5, 0.6) is 11.5 Å². The van der Waals surface area contributed by atoms with Gasteiger partial charge < -0.3 is 41.4 Å². The Balaban J connectivity index is 1.12. The number of rotatable bonds is 16. The quantitative estimate of drug-likeness (QED) is 0.0309. The summed E-state index contributed by atoms with van der Waals surface area (Å²) in [5.41, 5.74) is 4.14. The van der Waals surface area contributed by atoms with Crippen LogP contribution in [0.3, 0.4) is 0 Å². The summed E-state index contributed by atoms with van der Waals surface area (Å²) in [5, 5.41) is 19.3. The lowest BCUT2D eigenvalue weighted by molar-refractivity contribution is -0.129. The molecule has 0 amide bonds. The lowest BCUT2D eigenvalue weighted by Crippen LogP contribution is -2.08. The van der Waals surface area contributed by atoms with E-state index in [-0.39, 0.29) is 35.7 Å². The van der Waals surface area contributed by atoms with Gasteiger partial charge in [-0.1, -0.05) is 55.6 Å². The Morgan fingerprint density at radius 3 is 0.966 bits per heavy atom. The van der Waals surface area contributed by atoms with Crippen molar-refractivity contribution < 1.29 is 19.1 Å². The first-order chi connectivity index (χ1) is 28.3. The van der Waals surface area contributed by atoms with Gasteiger partial charge >= 0.3 is 11.9 Å². The zero-order valence-electron chi connectivity index (χ0n) is 30.6. The molecule has 0 fully saturated rings. The molecule has 16 heteroatoms. The van der Waals surface area contributed by atoms with E-state index in [0.29, 0.717) is 34.2 Å². The van der Waals surface area contributed by atoms with Crippen LogP contribution in [0, 0.1) is 0 Å². The molecule has 7 rings (SSSR count). The molecule has 0 unspecified atom stereocenters. The Hall–Kier alpha value is -8.66. The number of esters is 2. The maximum Gasteiger partial charge on any atom is 0.335 e. The van der Waals surface area contributed by atoms with Gasteiger partial charge in [-0.25, -0.2) is 9.59 Å². The van der Waals surface area contributed by atoms with Crippen LogP contribution in [0.2, 0.25) is 0 Å². The van der Waals surface area contributed by atoms with Gasteiger partial charge in [0.2, 0.25) is 35.7 Å². The van der Waals surface area contributed by atoms with Crippen molar-refractivity contribution >= 4 is 81.8 Å². The van der Waals surface area contributed by atoms with E-state index in [9.17, 15) is 9.59 Å². The van der Waals surface area contributed by atoms with Crippen LogP contribution in [0.25, 0.3) is 0 Å². The average molecular weight is 771 g/mol. The van der Waals surface area contributed by atoms with E-state index in [1.165, 1.54) is 0 Å². The van der Waals surface area contributed by atoms with Crippen LogP contribution >= 0.6 is 0 Å². The molecular weight excluding hydrogens is 737 g/mol. The second-order valence-corrected chi connectivity index (χ2v) is 12.0. The summed E-state index contributed by atoms with van der Waals surface area (Å²) in [5.74, 6) is 1.17. The molecule has 58 heavy (non-hydrogen) atoms. The van der Waals surface area contributed by atoms with E-state index in [1.54, 1.807) is 48.5 Å². The van der Waals surface area contributed by atoms with Gasteiger partial charge in [-0.2, -0.15) is 29.9 Å². The summed E-state index contributed by atoms with van der Waals surface area (Å²) in [4.78, 5) is 50.8. The standard InChI is InChI=1S/C42H34N12O4/c1-3-35(55)57-33-22-18-29(19-23-33)45-39-49-37(43-27-12-7-5-8-13-27)51-41(53-39)47-31-16-11-17-32(26-31)48-42-52-38(44-28-14-9-6-10-15-28)50-40(54-42)46-30-20-24-34(25-21-30)58-36(56)4-2/h3-26H,1-2H2,(H3,43,45,47,49,51,53)(H3,44,46,48,50,52,54). The molecule has 0 saturated heterocycles. The number of ether oxygens (including phenoxy) is 2. The van der Waals surface area contributed by atoms with Crippen molar-refractivity contribution in [1.29, 1.82) is 0 Å². The van der Waals surface area contributed by atoms with Crippen LogP contribution in [-0.2, 0) is 9.59 Å². The van der Waals surface area contributed by atoms with Crippen LogP contribution in [0.4, 0.5) is 69.8 Å². The molecule has 0 atom stereocenters. The molecule has 6 N–H and O–H groups in total. The summed E-state index contributed by atoms with van der Waals surface area (Å²) >= 11 is 0. The molecule has 2 heterocycles. The molecule has 0 radical (unpaired) electrons. The van der Waals surface area contributed by atoms with Gasteiger partial charge in [0, 0.05) is 46.3 Å². The maximum atomic E-state index is 11.6. The highest BCUT2D eigenvalue weighted by Crippen LogP contribution is 2.26. The summed E-state index contributed by atoms with van der Waals surface area (Å²) in [6.45, 7) is 6.84. The number of para-hydroxylation sites is 2. The van der Waals surface area contributed by atoms with Crippen molar-refractivity contribution in [3.8, 4) is 11.5 Å². The molecule has 286 valence electrons. The molecule has 0 aliphatic rings. The lowest BCUT2D eigenvalue weighted by atomic mass is 10.3. The third kappa shape index (κ3) is 10.7. The average Bonchev–Trinajstić information content (AvgIpc) is 3.23. The first-order valence-electron chi connectivity index (χ1n) is 17.6. The van der Waals surface area contributed by atoms with Crippen molar-refractivity contribution in [2.45, 2.75) is 0 Å². The van der Waals surface area contributed by atoms with E-state index in [0.717, 1.165) is 23.5 Å². The van der Waals surface area contributed by atoms with E-state index < -0.39 is 11.9 Å². The van der Waals surface area contributed by atoms with Gasteiger partial charge in [-0.15, -0.1) is 0 Å². The lowest BCUT2D eigenvalue weighted by Gasteiger charge is -2.13. The fraction of sp³-hybridized carbons (Fsp3) is 0. The first kappa shape index (κ1) is 37.6. The molecule has 0 bridgehead atoms. The number of carbonyl (C=O) groups excluding carboxylic acids is 2. The van der Waals surface area contributed by atoms with Crippen LogP contribution in [0.15, 0.2) is 159 Å². The maximum absolute atomic E-state index is 11.6. The second-order valence-electron chi connectivity index (χ2n) is 12.0. The van der Waals surface area contributed by atoms with Gasteiger partial charge in [0.1, 0.15) is 11.5 Å². The second kappa shape index (κ2) is 18.1. The number of hydrogen-bond acceptors (Lipinski definition) is 16. The minimum Gasteiger partial charge on any atom is -0.423 e. The first-order valence-corrected chi connectivity index (χ1v) is 17.6. The number of carbonyl (C=O) groups is 2. The zero-order valence-corrected chi connectivity index (χ0v) is 30.6. The molecule has 5 aromatic carbocycles. The molecule has 2 aromatic heterocycles. The van der Waals surface area contributed by atoms with Crippen LogP contribution < -0.4 is 41.4 Å². The Kier molecular flexibility index (Phi) is 11.8. The highest BCUT2D eigenvalue weighted by molar-refractivity contribution is 5.84. The van der Waals surface area contributed by atoms with Crippen molar-refractivity contribution in [3.05, 3.63) is 159 Å².